The lowest BCUT2D eigenvalue weighted by Crippen LogP contribution is -2.46. The van der Waals surface area contributed by atoms with Crippen LogP contribution in [0.3, 0.4) is 0 Å². The van der Waals surface area contributed by atoms with E-state index in [1.807, 2.05) is 12.1 Å². The van der Waals surface area contributed by atoms with Crippen LogP contribution < -0.4 is 25.2 Å². The van der Waals surface area contributed by atoms with Gasteiger partial charge in [-0.3, -0.25) is 4.57 Å². The first-order valence-corrected chi connectivity index (χ1v) is 11.4. The SMILES string of the molecule is C=CCOc1cc2c(cc1O)OC(=O)[C@@]2(C)NP(=O)(c1ccccc1)c1ccccc1. The van der Waals surface area contributed by atoms with E-state index in [1.165, 1.54) is 12.1 Å². The monoisotopic (exact) mass is 435 g/mol. The average molecular weight is 435 g/mol. The number of nitrogens with one attached hydrogen (secondary N) is 1. The number of esters is 1. The first-order valence-electron chi connectivity index (χ1n) is 9.72. The third-order valence-corrected chi connectivity index (χ3v) is 8.00. The van der Waals surface area contributed by atoms with Gasteiger partial charge in [0.25, 0.3) is 0 Å². The maximum absolute atomic E-state index is 14.4. The van der Waals surface area contributed by atoms with Crippen molar-refractivity contribution < 1.29 is 23.9 Å². The summed E-state index contributed by atoms with van der Waals surface area (Å²) in [6.07, 6.45) is 1.55. The Morgan fingerprint density at radius 1 is 1.10 bits per heavy atom. The van der Waals surface area contributed by atoms with Crippen LogP contribution in [0.25, 0.3) is 0 Å². The largest absolute Gasteiger partial charge is 0.504 e. The molecule has 31 heavy (non-hydrogen) atoms. The average Bonchev–Trinajstić information content (AvgIpc) is 3.02. The molecule has 0 amide bonds. The molecule has 1 aliphatic rings. The molecule has 1 aliphatic heterocycles. The van der Waals surface area contributed by atoms with Gasteiger partial charge in [0.1, 0.15) is 17.9 Å². The molecule has 158 valence electrons. The fourth-order valence-corrected chi connectivity index (χ4v) is 6.16. The van der Waals surface area contributed by atoms with Crippen molar-refractivity contribution in [3.05, 3.63) is 91.0 Å². The number of phenolic OH excluding ortho intramolecular Hbond substituents is 1. The molecule has 0 saturated heterocycles. The van der Waals surface area contributed by atoms with E-state index in [1.54, 1.807) is 61.5 Å². The van der Waals surface area contributed by atoms with Crippen molar-refractivity contribution in [1.29, 1.82) is 0 Å². The van der Waals surface area contributed by atoms with E-state index < -0.39 is 18.8 Å². The van der Waals surface area contributed by atoms with Crippen molar-refractivity contribution >= 4 is 23.9 Å². The smallest absolute Gasteiger partial charge is 0.336 e. The molecule has 4 rings (SSSR count). The van der Waals surface area contributed by atoms with Crippen LogP contribution in [-0.4, -0.2) is 17.7 Å². The fourth-order valence-electron chi connectivity index (χ4n) is 3.58. The number of carbonyl (C=O) groups is 1. The predicted molar refractivity (Wildman–Crippen MR) is 120 cm³/mol. The highest BCUT2D eigenvalue weighted by Crippen LogP contribution is 2.50. The minimum atomic E-state index is -3.45. The third-order valence-electron chi connectivity index (χ3n) is 5.19. The van der Waals surface area contributed by atoms with Gasteiger partial charge in [-0.15, -0.1) is 0 Å². The van der Waals surface area contributed by atoms with Crippen molar-refractivity contribution in [3.63, 3.8) is 0 Å². The van der Waals surface area contributed by atoms with Crippen LogP contribution in [0.1, 0.15) is 12.5 Å². The number of fused-ring (bicyclic) bond motifs is 1. The van der Waals surface area contributed by atoms with Crippen LogP contribution in [0, 0.1) is 0 Å². The number of ether oxygens (including phenoxy) is 2. The molecule has 1 atom stereocenters. The molecule has 0 saturated carbocycles. The summed E-state index contributed by atoms with van der Waals surface area (Å²) in [5.74, 6) is -0.405. The lowest BCUT2D eigenvalue weighted by atomic mass is 9.94. The zero-order valence-electron chi connectivity index (χ0n) is 16.9. The summed E-state index contributed by atoms with van der Waals surface area (Å²) in [6, 6.07) is 20.8. The molecule has 3 aromatic carbocycles. The van der Waals surface area contributed by atoms with Gasteiger partial charge in [-0.05, 0) is 37.3 Å². The fraction of sp³-hybridized carbons (Fsp3) is 0.125. The minimum absolute atomic E-state index is 0.160. The summed E-state index contributed by atoms with van der Waals surface area (Å²) in [6.45, 7) is 5.40. The summed E-state index contributed by atoms with van der Waals surface area (Å²) in [4.78, 5) is 13.0. The third kappa shape index (κ3) is 3.65. The van der Waals surface area contributed by atoms with E-state index in [0.29, 0.717) is 16.2 Å². The summed E-state index contributed by atoms with van der Waals surface area (Å²) < 4.78 is 25.4. The van der Waals surface area contributed by atoms with Gasteiger partial charge in [0, 0.05) is 22.2 Å². The Morgan fingerprint density at radius 2 is 1.68 bits per heavy atom. The quantitative estimate of drug-likeness (QED) is 0.255. The number of rotatable bonds is 7. The van der Waals surface area contributed by atoms with Crippen LogP contribution in [-0.2, 0) is 14.9 Å². The Morgan fingerprint density at radius 3 is 2.23 bits per heavy atom. The summed E-state index contributed by atoms with van der Waals surface area (Å²) in [5, 5.41) is 14.5. The van der Waals surface area contributed by atoms with Gasteiger partial charge in [-0.25, -0.2) is 9.88 Å². The minimum Gasteiger partial charge on any atom is -0.504 e. The normalized spacial score (nSPS) is 17.6. The number of benzene rings is 3. The first-order chi connectivity index (χ1) is 14.9. The highest BCUT2D eigenvalue weighted by molar-refractivity contribution is 7.77. The zero-order valence-corrected chi connectivity index (χ0v) is 17.8. The Kier molecular flexibility index (Phi) is 5.44. The lowest BCUT2D eigenvalue weighted by Gasteiger charge is -2.30. The molecule has 6 nitrogen and oxygen atoms in total. The Hall–Kier alpha value is -3.34. The van der Waals surface area contributed by atoms with Crippen molar-refractivity contribution in [2.24, 2.45) is 0 Å². The second-order valence-electron chi connectivity index (χ2n) is 7.32. The Bertz CT molecular complexity index is 1140. The summed E-state index contributed by atoms with van der Waals surface area (Å²) >= 11 is 0. The van der Waals surface area contributed by atoms with Gasteiger partial charge in [0.15, 0.2) is 11.5 Å². The molecule has 1 heterocycles. The molecule has 0 aromatic heterocycles. The van der Waals surface area contributed by atoms with E-state index in [2.05, 4.69) is 11.7 Å². The van der Waals surface area contributed by atoms with Gasteiger partial charge >= 0.3 is 5.97 Å². The van der Waals surface area contributed by atoms with Gasteiger partial charge in [0.05, 0.1) is 0 Å². The number of carbonyl (C=O) groups excluding carboxylic acids is 1. The van der Waals surface area contributed by atoms with Crippen molar-refractivity contribution in [1.82, 2.24) is 5.09 Å². The lowest BCUT2D eigenvalue weighted by molar-refractivity contribution is -0.138. The van der Waals surface area contributed by atoms with Gasteiger partial charge < -0.3 is 14.6 Å². The number of hydrogen-bond donors (Lipinski definition) is 2. The topological polar surface area (TPSA) is 84.9 Å². The maximum atomic E-state index is 14.4. The Labute approximate surface area is 180 Å². The van der Waals surface area contributed by atoms with Crippen LogP contribution in [0.5, 0.6) is 17.2 Å². The second kappa shape index (κ2) is 8.06. The van der Waals surface area contributed by atoms with Crippen LogP contribution in [0.2, 0.25) is 0 Å². The highest BCUT2D eigenvalue weighted by Gasteiger charge is 2.50. The molecule has 0 spiro atoms. The number of phenols is 1. The molecule has 0 aliphatic carbocycles. The van der Waals surface area contributed by atoms with E-state index in [-0.39, 0.29) is 23.9 Å². The van der Waals surface area contributed by atoms with E-state index in [0.717, 1.165) is 0 Å². The van der Waals surface area contributed by atoms with Gasteiger partial charge in [-0.2, -0.15) is 0 Å². The second-order valence-corrected chi connectivity index (χ2v) is 9.80. The maximum Gasteiger partial charge on any atom is 0.336 e. The summed E-state index contributed by atoms with van der Waals surface area (Å²) in [5.41, 5.74) is -1.00. The standard InChI is InChI=1S/C24H22NO5P/c1-3-14-29-22-15-19-21(16-20(22)26)30-23(27)24(19,2)25-31(28,17-10-6-4-7-11-17)18-12-8-5-9-13-18/h3-13,15-16,26H,1,14H2,2H3,(H,25,28)/t24-/m0/s1. The predicted octanol–water partition coefficient (Wildman–Crippen LogP) is 3.61. The molecule has 3 aromatic rings. The van der Waals surface area contributed by atoms with Gasteiger partial charge in [0.2, 0.25) is 7.29 Å². The number of aromatic hydroxyl groups is 1. The number of hydrogen-bond acceptors (Lipinski definition) is 5. The van der Waals surface area contributed by atoms with Crippen LogP contribution in [0.4, 0.5) is 0 Å². The van der Waals surface area contributed by atoms with Crippen LogP contribution in [0.15, 0.2) is 85.5 Å². The molecule has 0 bridgehead atoms. The molecular formula is C24H22NO5P. The molecule has 0 radical (unpaired) electrons. The zero-order chi connectivity index (χ0) is 22.1. The van der Waals surface area contributed by atoms with E-state index >= 15 is 0 Å². The van der Waals surface area contributed by atoms with Crippen molar-refractivity contribution in [3.8, 4) is 17.2 Å². The molecule has 7 heteroatoms. The van der Waals surface area contributed by atoms with Crippen molar-refractivity contribution in [2.45, 2.75) is 12.5 Å². The van der Waals surface area contributed by atoms with Crippen LogP contribution >= 0.6 is 7.29 Å². The molecule has 2 N–H and O–H groups in total. The van der Waals surface area contributed by atoms with E-state index in [4.69, 9.17) is 9.47 Å². The highest BCUT2D eigenvalue weighted by atomic mass is 31.2. The van der Waals surface area contributed by atoms with Gasteiger partial charge in [-0.1, -0.05) is 49.1 Å². The first kappa shape index (κ1) is 20.9. The summed E-state index contributed by atoms with van der Waals surface area (Å²) in [7, 11) is -3.45. The molecule has 0 fully saturated rings. The molecule has 0 unspecified atom stereocenters. The van der Waals surface area contributed by atoms with E-state index in [9.17, 15) is 14.5 Å². The van der Waals surface area contributed by atoms with Crippen molar-refractivity contribution in [2.75, 3.05) is 6.61 Å². The Balaban J connectivity index is 1.84. The molecular weight excluding hydrogens is 413 g/mol.